The van der Waals surface area contributed by atoms with Crippen molar-refractivity contribution in [2.75, 3.05) is 18.1 Å². The fraction of sp³-hybridized carbons (Fsp3) is 0.867. The number of hydrogen-bond donors (Lipinski definition) is 2. The molecule has 0 amide bonds. The standard InChI is InChI=1S/C15H28O11S2/c1-10(2)13(17)25-11(3)26-14(18)12(16)15(4,5)9-24-28(22,23)8-6-7-27(19,20)21/h10-12,16H,6-9H2,1-5H3,(H,19,20,21). The van der Waals surface area contributed by atoms with E-state index in [2.05, 4.69) is 0 Å². The molecule has 0 heterocycles. The molecular formula is C15H28O11S2. The summed E-state index contributed by atoms with van der Waals surface area (Å²) in [6.07, 6.45) is -3.43. The number of ether oxygens (including phenoxy) is 2. The van der Waals surface area contributed by atoms with E-state index in [-0.39, 0.29) is 6.42 Å². The van der Waals surface area contributed by atoms with E-state index in [1.807, 2.05) is 0 Å². The molecule has 13 heteroatoms. The van der Waals surface area contributed by atoms with Gasteiger partial charge < -0.3 is 14.6 Å². The van der Waals surface area contributed by atoms with Gasteiger partial charge in [-0.05, 0) is 6.42 Å². The van der Waals surface area contributed by atoms with Gasteiger partial charge in [0.1, 0.15) is 0 Å². The largest absolute Gasteiger partial charge is 0.425 e. The lowest BCUT2D eigenvalue weighted by Gasteiger charge is -2.29. The minimum atomic E-state index is -4.30. The molecule has 0 aromatic rings. The molecule has 2 atom stereocenters. The van der Waals surface area contributed by atoms with Crippen LogP contribution >= 0.6 is 0 Å². The van der Waals surface area contributed by atoms with Crippen LogP contribution in [0.25, 0.3) is 0 Å². The van der Waals surface area contributed by atoms with E-state index in [4.69, 9.17) is 18.2 Å². The van der Waals surface area contributed by atoms with Crippen molar-refractivity contribution < 1.29 is 49.7 Å². The maximum Gasteiger partial charge on any atom is 0.338 e. The van der Waals surface area contributed by atoms with Gasteiger partial charge in [0.2, 0.25) is 6.29 Å². The zero-order chi connectivity index (χ0) is 22.3. The van der Waals surface area contributed by atoms with Crippen LogP contribution in [0.3, 0.4) is 0 Å². The molecule has 0 aliphatic heterocycles. The summed E-state index contributed by atoms with van der Waals surface area (Å²) in [6.45, 7) is 6.55. The molecule has 0 saturated heterocycles. The van der Waals surface area contributed by atoms with Crippen molar-refractivity contribution in [3.05, 3.63) is 0 Å². The smallest absolute Gasteiger partial charge is 0.338 e. The second kappa shape index (κ2) is 10.5. The average molecular weight is 449 g/mol. The molecule has 2 N–H and O–H groups in total. The van der Waals surface area contributed by atoms with E-state index in [9.17, 15) is 31.5 Å². The quantitative estimate of drug-likeness (QED) is 0.179. The van der Waals surface area contributed by atoms with Crippen LogP contribution in [-0.4, -0.2) is 68.9 Å². The number of carbonyl (C=O) groups excluding carboxylic acids is 2. The van der Waals surface area contributed by atoms with Crippen LogP contribution in [0, 0.1) is 11.3 Å². The molecule has 0 rings (SSSR count). The minimum Gasteiger partial charge on any atom is -0.425 e. The molecular weight excluding hydrogens is 420 g/mol. The van der Waals surface area contributed by atoms with Crippen molar-refractivity contribution in [1.82, 2.24) is 0 Å². The zero-order valence-corrected chi connectivity index (χ0v) is 18.1. The topological polar surface area (TPSA) is 171 Å². The first kappa shape index (κ1) is 26.7. The van der Waals surface area contributed by atoms with Gasteiger partial charge in [0.05, 0.1) is 24.0 Å². The van der Waals surface area contributed by atoms with E-state index < -0.39 is 74.0 Å². The van der Waals surface area contributed by atoms with Crippen molar-refractivity contribution in [3.8, 4) is 0 Å². The SMILES string of the molecule is CC(OC(=O)C(C)C)OC(=O)C(O)C(C)(C)COS(=O)(=O)CCCS(=O)(=O)O. The molecule has 0 spiro atoms. The summed E-state index contributed by atoms with van der Waals surface area (Å²) in [5, 5.41) is 10.1. The molecule has 0 aromatic heterocycles. The predicted octanol–water partition coefficient (Wildman–Crippen LogP) is 0.0862. The third-order valence-electron chi connectivity index (χ3n) is 3.41. The maximum absolute atomic E-state index is 12.0. The van der Waals surface area contributed by atoms with E-state index in [1.165, 1.54) is 20.8 Å². The number of hydrogen-bond acceptors (Lipinski definition) is 10. The fourth-order valence-corrected chi connectivity index (χ4v) is 3.46. The van der Waals surface area contributed by atoms with Gasteiger partial charge >= 0.3 is 11.9 Å². The Labute approximate surface area is 165 Å². The normalized spacial score (nSPS) is 15.1. The molecule has 11 nitrogen and oxygen atoms in total. The first-order valence-electron chi connectivity index (χ1n) is 8.38. The number of aliphatic hydroxyl groups excluding tert-OH is 1. The monoisotopic (exact) mass is 448 g/mol. The lowest BCUT2D eigenvalue weighted by Crippen LogP contribution is -2.43. The van der Waals surface area contributed by atoms with Gasteiger partial charge in [0.25, 0.3) is 20.2 Å². The number of aliphatic hydroxyl groups is 1. The summed E-state index contributed by atoms with van der Waals surface area (Å²) in [5.41, 5.74) is -1.39. The lowest BCUT2D eigenvalue weighted by atomic mass is 9.88. The highest BCUT2D eigenvalue weighted by molar-refractivity contribution is 7.87. The lowest BCUT2D eigenvalue weighted by molar-refractivity contribution is -0.196. The molecule has 0 aliphatic carbocycles. The summed E-state index contributed by atoms with van der Waals surface area (Å²) in [6, 6.07) is 0. The number of carbonyl (C=O) groups is 2. The predicted molar refractivity (Wildman–Crippen MR) is 97.0 cm³/mol. The van der Waals surface area contributed by atoms with Crippen LogP contribution in [0.5, 0.6) is 0 Å². The Balaban J connectivity index is 4.69. The van der Waals surface area contributed by atoms with Crippen LogP contribution in [0.4, 0.5) is 0 Å². The Morgan fingerprint density at radius 3 is 1.93 bits per heavy atom. The minimum absolute atomic E-state index is 0.384. The molecule has 0 aromatic carbocycles. The van der Waals surface area contributed by atoms with Gasteiger partial charge in [-0.15, -0.1) is 0 Å². The summed E-state index contributed by atoms with van der Waals surface area (Å²) in [4.78, 5) is 23.4. The highest BCUT2D eigenvalue weighted by Gasteiger charge is 2.37. The Morgan fingerprint density at radius 2 is 1.46 bits per heavy atom. The van der Waals surface area contributed by atoms with E-state index in [1.54, 1.807) is 13.8 Å². The summed E-state index contributed by atoms with van der Waals surface area (Å²) < 4.78 is 67.7. The van der Waals surface area contributed by atoms with Gasteiger partial charge in [-0.2, -0.15) is 16.8 Å². The molecule has 0 radical (unpaired) electrons. The molecule has 0 bridgehead atoms. The Bertz CT molecular complexity index is 738. The molecule has 28 heavy (non-hydrogen) atoms. The molecule has 0 aliphatic rings. The van der Waals surface area contributed by atoms with Gasteiger partial charge in [-0.3, -0.25) is 13.5 Å². The third kappa shape index (κ3) is 10.9. The first-order chi connectivity index (χ1) is 12.5. The van der Waals surface area contributed by atoms with Gasteiger partial charge in [-0.1, -0.05) is 27.7 Å². The van der Waals surface area contributed by atoms with Crippen LogP contribution in [0.2, 0.25) is 0 Å². The maximum atomic E-state index is 12.0. The van der Waals surface area contributed by atoms with E-state index >= 15 is 0 Å². The number of esters is 2. The van der Waals surface area contributed by atoms with Crippen molar-refractivity contribution in [3.63, 3.8) is 0 Å². The van der Waals surface area contributed by atoms with Crippen LogP contribution in [-0.2, 0) is 43.5 Å². The van der Waals surface area contributed by atoms with Gasteiger partial charge in [0.15, 0.2) is 6.10 Å². The van der Waals surface area contributed by atoms with E-state index in [0.717, 1.165) is 0 Å². The van der Waals surface area contributed by atoms with Crippen LogP contribution in [0.1, 0.15) is 41.0 Å². The summed E-state index contributed by atoms with van der Waals surface area (Å²) in [5.74, 6) is -3.61. The summed E-state index contributed by atoms with van der Waals surface area (Å²) >= 11 is 0. The highest BCUT2D eigenvalue weighted by atomic mass is 32.2. The Hall–Kier alpha value is -1.28. The second-order valence-corrected chi connectivity index (χ2v) is 10.5. The Morgan fingerprint density at radius 1 is 0.964 bits per heavy atom. The average Bonchev–Trinajstić information content (AvgIpc) is 2.50. The molecule has 0 saturated carbocycles. The first-order valence-corrected chi connectivity index (χ1v) is 11.6. The zero-order valence-electron chi connectivity index (χ0n) is 16.4. The Kier molecular flexibility index (Phi) is 10.0. The van der Waals surface area contributed by atoms with Gasteiger partial charge in [-0.25, -0.2) is 4.79 Å². The number of rotatable bonds is 12. The fourth-order valence-electron chi connectivity index (χ4n) is 1.67. The van der Waals surface area contributed by atoms with Crippen molar-refractivity contribution in [2.24, 2.45) is 11.3 Å². The van der Waals surface area contributed by atoms with Crippen molar-refractivity contribution in [1.29, 1.82) is 0 Å². The summed E-state index contributed by atoms with van der Waals surface area (Å²) in [7, 11) is -8.45. The molecule has 0 fully saturated rings. The molecule has 2 unspecified atom stereocenters. The van der Waals surface area contributed by atoms with E-state index in [0.29, 0.717) is 0 Å². The van der Waals surface area contributed by atoms with Crippen molar-refractivity contribution in [2.45, 2.75) is 53.4 Å². The van der Waals surface area contributed by atoms with Crippen LogP contribution in [0.15, 0.2) is 0 Å². The highest BCUT2D eigenvalue weighted by Crippen LogP contribution is 2.24. The second-order valence-electron chi connectivity index (χ2n) is 7.15. The molecule has 166 valence electrons. The van der Waals surface area contributed by atoms with Crippen LogP contribution < -0.4 is 0 Å². The third-order valence-corrected chi connectivity index (χ3v) is 5.48. The van der Waals surface area contributed by atoms with Gasteiger partial charge in [0, 0.05) is 12.3 Å². The van der Waals surface area contributed by atoms with Crippen molar-refractivity contribution >= 4 is 32.2 Å².